The summed E-state index contributed by atoms with van der Waals surface area (Å²) in [6.45, 7) is -1.12. The van der Waals surface area contributed by atoms with Crippen LogP contribution < -0.4 is 5.32 Å². The minimum absolute atomic E-state index is 0.0352. The van der Waals surface area contributed by atoms with Crippen molar-refractivity contribution in [2.75, 3.05) is 11.9 Å². The number of hydrogen-bond acceptors (Lipinski definition) is 1. The molecule has 0 saturated carbocycles. The van der Waals surface area contributed by atoms with Crippen molar-refractivity contribution in [1.82, 2.24) is 4.90 Å². The second kappa shape index (κ2) is 8.05. The van der Waals surface area contributed by atoms with Gasteiger partial charge in [-0.3, -0.25) is 0 Å². The number of thiocarbonyl (C=S) groups is 1. The number of nitrogens with zero attached hydrogens (tertiary/aromatic N) is 1. The van der Waals surface area contributed by atoms with Gasteiger partial charge < -0.3 is 10.2 Å². The van der Waals surface area contributed by atoms with E-state index in [9.17, 15) is 13.2 Å². The molecule has 0 amide bonds. The Morgan fingerprint density at radius 1 is 1.04 bits per heavy atom. The minimum atomic E-state index is -4.38. The van der Waals surface area contributed by atoms with E-state index in [1.54, 1.807) is 42.5 Å². The van der Waals surface area contributed by atoms with Crippen LogP contribution in [-0.4, -0.2) is 22.7 Å². The lowest BCUT2D eigenvalue weighted by molar-refractivity contribution is -0.138. The first-order valence-corrected chi connectivity index (χ1v) is 8.03. The van der Waals surface area contributed by atoms with Crippen molar-refractivity contribution in [3.8, 4) is 0 Å². The minimum Gasteiger partial charge on any atom is -0.336 e. The number of hydrogen-bond donors (Lipinski definition) is 1. The fraction of sp³-hybridized carbons (Fsp3) is 0.188. The average Bonchev–Trinajstić information content (AvgIpc) is 2.50. The lowest BCUT2D eigenvalue weighted by Gasteiger charge is -2.27. The van der Waals surface area contributed by atoms with Gasteiger partial charge in [-0.05, 0) is 36.0 Å². The number of benzene rings is 2. The fourth-order valence-electron chi connectivity index (χ4n) is 2.00. The molecule has 0 saturated heterocycles. The molecule has 24 heavy (non-hydrogen) atoms. The Bertz CT molecular complexity index is 708. The lowest BCUT2D eigenvalue weighted by atomic mass is 10.2. The highest BCUT2D eigenvalue weighted by molar-refractivity contribution is 7.80. The molecule has 0 radical (unpaired) electrons. The Labute approximate surface area is 153 Å². The number of halogens is 5. The summed E-state index contributed by atoms with van der Waals surface area (Å²) >= 11 is 16.9. The van der Waals surface area contributed by atoms with Gasteiger partial charge in [0.2, 0.25) is 0 Å². The van der Waals surface area contributed by atoms with Crippen LogP contribution in [0.4, 0.5) is 18.9 Å². The first kappa shape index (κ1) is 18.8. The normalized spacial score (nSPS) is 11.2. The fourth-order valence-corrected chi connectivity index (χ4v) is 2.54. The molecule has 0 bridgehead atoms. The average molecular weight is 393 g/mol. The molecule has 0 aliphatic heterocycles. The van der Waals surface area contributed by atoms with E-state index in [1.807, 2.05) is 0 Å². The lowest BCUT2D eigenvalue weighted by Crippen LogP contribution is -2.40. The van der Waals surface area contributed by atoms with E-state index in [1.165, 1.54) is 6.07 Å². The Morgan fingerprint density at radius 2 is 1.71 bits per heavy atom. The van der Waals surface area contributed by atoms with Gasteiger partial charge in [0.05, 0.1) is 10.0 Å². The van der Waals surface area contributed by atoms with Crippen LogP contribution in [0.25, 0.3) is 0 Å². The Morgan fingerprint density at radius 3 is 2.29 bits per heavy atom. The second-order valence-electron chi connectivity index (χ2n) is 5.02. The molecule has 2 rings (SSSR count). The zero-order valence-electron chi connectivity index (χ0n) is 12.3. The second-order valence-corrected chi connectivity index (χ2v) is 6.22. The van der Waals surface area contributed by atoms with E-state index in [0.717, 1.165) is 10.5 Å². The predicted octanol–water partition coefficient (Wildman–Crippen LogP) is 5.75. The molecule has 128 valence electrons. The van der Waals surface area contributed by atoms with Crippen LogP contribution in [0.1, 0.15) is 5.56 Å². The van der Waals surface area contributed by atoms with Gasteiger partial charge in [0, 0.05) is 12.2 Å². The van der Waals surface area contributed by atoms with Crippen LogP contribution in [-0.2, 0) is 6.54 Å². The topological polar surface area (TPSA) is 15.3 Å². The summed E-state index contributed by atoms with van der Waals surface area (Å²) in [6.07, 6.45) is -4.38. The molecule has 1 N–H and O–H groups in total. The summed E-state index contributed by atoms with van der Waals surface area (Å²) in [6, 6.07) is 13.4. The van der Waals surface area contributed by atoms with Gasteiger partial charge in [-0.15, -0.1) is 0 Å². The number of alkyl halides is 3. The zero-order chi connectivity index (χ0) is 17.7. The standard InChI is InChI=1S/C16H13Cl2F3N2S/c17-13-7-6-12(8-14(13)18)22-15(24)23(10-16(19,20)21)9-11-4-2-1-3-5-11/h1-8H,9-10H2,(H,22,24). The summed E-state index contributed by atoms with van der Waals surface area (Å²) in [5.74, 6) is 0. The number of rotatable bonds is 4. The van der Waals surface area contributed by atoms with Gasteiger partial charge in [-0.1, -0.05) is 53.5 Å². The van der Waals surface area contributed by atoms with Crippen LogP contribution >= 0.6 is 35.4 Å². The van der Waals surface area contributed by atoms with Gasteiger partial charge in [0.1, 0.15) is 6.54 Å². The van der Waals surface area contributed by atoms with E-state index < -0.39 is 12.7 Å². The third-order valence-corrected chi connectivity index (χ3v) is 4.14. The summed E-state index contributed by atoms with van der Waals surface area (Å²) in [5, 5.41) is 3.36. The monoisotopic (exact) mass is 392 g/mol. The molecule has 2 nitrogen and oxygen atoms in total. The van der Waals surface area contributed by atoms with E-state index in [2.05, 4.69) is 5.32 Å². The van der Waals surface area contributed by atoms with E-state index in [-0.39, 0.29) is 16.7 Å². The van der Waals surface area contributed by atoms with Crippen molar-refractivity contribution in [2.24, 2.45) is 0 Å². The van der Waals surface area contributed by atoms with Crippen molar-refractivity contribution >= 4 is 46.2 Å². The largest absolute Gasteiger partial charge is 0.406 e. The molecular formula is C16H13Cl2F3N2S. The maximum atomic E-state index is 12.9. The van der Waals surface area contributed by atoms with Gasteiger partial charge in [0.25, 0.3) is 0 Å². The Balaban J connectivity index is 2.15. The molecule has 8 heteroatoms. The highest BCUT2D eigenvalue weighted by Gasteiger charge is 2.32. The number of nitrogens with one attached hydrogen (secondary N) is 1. The van der Waals surface area contributed by atoms with E-state index >= 15 is 0 Å². The molecule has 0 unspecified atom stereocenters. The van der Waals surface area contributed by atoms with Crippen molar-refractivity contribution in [3.63, 3.8) is 0 Å². The van der Waals surface area contributed by atoms with Crippen molar-refractivity contribution in [2.45, 2.75) is 12.7 Å². The van der Waals surface area contributed by atoms with Gasteiger partial charge in [0.15, 0.2) is 5.11 Å². The first-order valence-electron chi connectivity index (χ1n) is 6.86. The summed E-state index contributed by atoms with van der Waals surface area (Å²) in [4.78, 5) is 1.05. The number of anilines is 1. The van der Waals surface area contributed by atoms with Crippen LogP contribution in [0.3, 0.4) is 0 Å². The van der Waals surface area contributed by atoms with Crippen LogP contribution in [0.5, 0.6) is 0 Å². The molecule has 2 aromatic carbocycles. The molecular weight excluding hydrogens is 380 g/mol. The Kier molecular flexibility index (Phi) is 6.32. The first-order chi connectivity index (χ1) is 11.2. The summed E-state index contributed by atoms with van der Waals surface area (Å²) < 4.78 is 38.6. The third kappa shape index (κ3) is 5.85. The molecule has 0 fully saturated rings. The van der Waals surface area contributed by atoms with E-state index in [0.29, 0.717) is 10.7 Å². The third-order valence-electron chi connectivity index (χ3n) is 3.04. The smallest absolute Gasteiger partial charge is 0.336 e. The molecule has 0 heterocycles. The molecule has 0 atom stereocenters. The molecule has 0 spiro atoms. The molecule has 0 aliphatic rings. The maximum Gasteiger partial charge on any atom is 0.406 e. The van der Waals surface area contributed by atoms with Gasteiger partial charge in [-0.2, -0.15) is 13.2 Å². The van der Waals surface area contributed by atoms with Gasteiger partial charge in [-0.25, -0.2) is 0 Å². The molecule has 0 aromatic heterocycles. The Hall–Kier alpha value is -1.50. The van der Waals surface area contributed by atoms with Crippen molar-refractivity contribution in [3.05, 3.63) is 64.1 Å². The quantitative estimate of drug-likeness (QED) is 0.666. The van der Waals surface area contributed by atoms with Crippen LogP contribution in [0.2, 0.25) is 10.0 Å². The predicted molar refractivity (Wildman–Crippen MR) is 95.6 cm³/mol. The highest BCUT2D eigenvalue weighted by atomic mass is 35.5. The van der Waals surface area contributed by atoms with Crippen molar-refractivity contribution < 1.29 is 13.2 Å². The molecule has 2 aromatic rings. The van der Waals surface area contributed by atoms with E-state index in [4.69, 9.17) is 35.4 Å². The zero-order valence-corrected chi connectivity index (χ0v) is 14.6. The summed E-state index contributed by atoms with van der Waals surface area (Å²) in [5.41, 5.74) is 1.19. The molecule has 0 aliphatic carbocycles. The highest BCUT2D eigenvalue weighted by Crippen LogP contribution is 2.26. The van der Waals surface area contributed by atoms with Crippen molar-refractivity contribution in [1.29, 1.82) is 0 Å². The summed E-state index contributed by atoms with van der Waals surface area (Å²) in [7, 11) is 0. The van der Waals surface area contributed by atoms with Crippen LogP contribution in [0, 0.1) is 0 Å². The van der Waals surface area contributed by atoms with Gasteiger partial charge >= 0.3 is 6.18 Å². The SMILES string of the molecule is FC(F)(F)CN(Cc1ccccc1)C(=S)Nc1ccc(Cl)c(Cl)c1. The van der Waals surface area contributed by atoms with Crippen LogP contribution in [0.15, 0.2) is 48.5 Å². The maximum absolute atomic E-state index is 12.9.